The second kappa shape index (κ2) is 4.06. The number of hydrogen-bond donors (Lipinski definition) is 0. The predicted molar refractivity (Wildman–Crippen MR) is 51.0 cm³/mol. The topological polar surface area (TPSA) is 17.1 Å². The molecule has 1 rings (SSSR count). The summed E-state index contributed by atoms with van der Waals surface area (Å²) >= 11 is 0. The molecule has 0 N–H and O–H groups in total. The van der Waals surface area contributed by atoms with Crippen molar-refractivity contribution in [3.8, 4) is 0 Å². The second-order valence-electron chi connectivity index (χ2n) is 4.39. The Morgan fingerprint density at radius 2 is 2.00 bits per heavy atom. The average Bonchev–Trinajstić information content (AvgIpc) is 1.82. The van der Waals surface area contributed by atoms with E-state index in [1.807, 2.05) is 0 Å². The van der Waals surface area contributed by atoms with E-state index in [-0.39, 0.29) is 0 Å². The second-order valence-corrected chi connectivity index (χ2v) is 4.39. The maximum Gasteiger partial charge on any atom is 0.135 e. The monoisotopic (exact) mass is 168 g/mol. The summed E-state index contributed by atoms with van der Waals surface area (Å²) in [7, 11) is 0. The van der Waals surface area contributed by atoms with Crippen molar-refractivity contribution in [1.82, 2.24) is 0 Å². The third-order valence-electron chi connectivity index (χ3n) is 3.07. The molecule has 1 nitrogen and oxygen atoms in total. The lowest BCUT2D eigenvalue weighted by Crippen LogP contribution is -2.33. The molecular weight excluding hydrogens is 148 g/mol. The number of Topliss-reactive ketones (excluding diaryl/α,β-unsaturated/α-hetero) is 1. The van der Waals surface area contributed by atoms with Crippen LogP contribution in [0.15, 0.2) is 0 Å². The Bertz CT molecular complexity index is 154. The first-order valence-corrected chi connectivity index (χ1v) is 5.17. The van der Waals surface area contributed by atoms with Gasteiger partial charge in [0.05, 0.1) is 0 Å². The molecule has 0 amide bonds. The quantitative estimate of drug-likeness (QED) is 0.630. The third kappa shape index (κ3) is 2.09. The van der Waals surface area contributed by atoms with E-state index in [2.05, 4.69) is 20.8 Å². The van der Waals surface area contributed by atoms with Gasteiger partial charge >= 0.3 is 0 Å². The van der Waals surface area contributed by atoms with E-state index in [9.17, 15) is 4.79 Å². The molecule has 0 saturated heterocycles. The standard InChI is InChI=1S/C11H20O/c1-4-5-11(12)10-6-9(7-10)8(2)3/h8-10H,4-7H2,1-3H3. The summed E-state index contributed by atoms with van der Waals surface area (Å²) in [6.45, 7) is 6.59. The van der Waals surface area contributed by atoms with Gasteiger partial charge in [0.1, 0.15) is 5.78 Å². The Kier molecular flexibility index (Phi) is 3.30. The Balaban J connectivity index is 2.20. The van der Waals surface area contributed by atoms with E-state index in [0.29, 0.717) is 11.7 Å². The van der Waals surface area contributed by atoms with Crippen LogP contribution in [0.3, 0.4) is 0 Å². The summed E-state index contributed by atoms with van der Waals surface area (Å²) in [6, 6.07) is 0. The van der Waals surface area contributed by atoms with Crippen LogP contribution in [0.5, 0.6) is 0 Å². The lowest BCUT2D eigenvalue weighted by atomic mass is 9.67. The number of hydrogen-bond acceptors (Lipinski definition) is 1. The highest BCUT2D eigenvalue weighted by molar-refractivity contribution is 5.81. The minimum absolute atomic E-state index is 0.428. The zero-order valence-corrected chi connectivity index (χ0v) is 8.47. The first kappa shape index (κ1) is 9.76. The molecule has 1 aliphatic carbocycles. The number of carbonyl (C=O) groups is 1. The highest BCUT2D eigenvalue weighted by Gasteiger charge is 2.34. The van der Waals surface area contributed by atoms with Crippen LogP contribution in [-0.2, 0) is 4.79 Å². The molecule has 1 aliphatic rings. The van der Waals surface area contributed by atoms with Gasteiger partial charge in [-0.05, 0) is 31.1 Å². The van der Waals surface area contributed by atoms with Gasteiger partial charge in [0.25, 0.3) is 0 Å². The molecule has 1 heteroatoms. The zero-order valence-electron chi connectivity index (χ0n) is 8.47. The van der Waals surface area contributed by atoms with E-state index in [1.165, 1.54) is 0 Å². The Hall–Kier alpha value is -0.330. The van der Waals surface area contributed by atoms with Crippen molar-refractivity contribution in [2.45, 2.75) is 46.5 Å². The van der Waals surface area contributed by atoms with Crippen LogP contribution >= 0.6 is 0 Å². The van der Waals surface area contributed by atoms with Crippen molar-refractivity contribution in [3.05, 3.63) is 0 Å². The molecule has 0 aliphatic heterocycles. The molecule has 0 aromatic carbocycles. The Morgan fingerprint density at radius 1 is 1.42 bits per heavy atom. The van der Waals surface area contributed by atoms with E-state index in [0.717, 1.165) is 37.5 Å². The van der Waals surface area contributed by atoms with Gasteiger partial charge in [-0.3, -0.25) is 4.79 Å². The summed E-state index contributed by atoms with van der Waals surface area (Å²) in [6.07, 6.45) is 4.14. The smallest absolute Gasteiger partial charge is 0.135 e. The molecule has 1 fully saturated rings. The van der Waals surface area contributed by atoms with E-state index in [4.69, 9.17) is 0 Å². The molecule has 0 bridgehead atoms. The number of carbonyl (C=O) groups excluding carboxylic acids is 1. The molecule has 0 unspecified atom stereocenters. The van der Waals surface area contributed by atoms with Crippen LogP contribution in [-0.4, -0.2) is 5.78 Å². The van der Waals surface area contributed by atoms with E-state index >= 15 is 0 Å². The van der Waals surface area contributed by atoms with Gasteiger partial charge in [-0.2, -0.15) is 0 Å². The van der Waals surface area contributed by atoms with E-state index < -0.39 is 0 Å². The summed E-state index contributed by atoms with van der Waals surface area (Å²) in [5.74, 6) is 2.54. The molecule has 0 aromatic heterocycles. The lowest BCUT2D eigenvalue weighted by Gasteiger charge is -2.37. The summed E-state index contributed by atoms with van der Waals surface area (Å²) < 4.78 is 0. The van der Waals surface area contributed by atoms with Crippen LogP contribution in [0.2, 0.25) is 0 Å². The lowest BCUT2D eigenvalue weighted by molar-refractivity contribution is -0.127. The third-order valence-corrected chi connectivity index (χ3v) is 3.07. The molecule has 1 saturated carbocycles. The summed E-state index contributed by atoms with van der Waals surface area (Å²) in [5.41, 5.74) is 0. The maximum absolute atomic E-state index is 11.4. The molecule has 0 aromatic rings. The minimum Gasteiger partial charge on any atom is -0.299 e. The van der Waals surface area contributed by atoms with Crippen LogP contribution in [0.1, 0.15) is 46.5 Å². The van der Waals surface area contributed by atoms with Crippen molar-refractivity contribution >= 4 is 5.78 Å². The molecule has 12 heavy (non-hydrogen) atoms. The predicted octanol–water partition coefficient (Wildman–Crippen LogP) is 3.04. The van der Waals surface area contributed by atoms with Crippen LogP contribution in [0, 0.1) is 17.8 Å². The van der Waals surface area contributed by atoms with Crippen molar-refractivity contribution in [3.63, 3.8) is 0 Å². The number of ketones is 1. The Morgan fingerprint density at radius 3 is 2.42 bits per heavy atom. The molecular formula is C11H20O. The fraction of sp³-hybridized carbons (Fsp3) is 0.909. The van der Waals surface area contributed by atoms with Crippen LogP contribution < -0.4 is 0 Å². The van der Waals surface area contributed by atoms with Gasteiger partial charge in [-0.15, -0.1) is 0 Å². The summed E-state index contributed by atoms with van der Waals surface area (Å²) in [4.78, 5) is 11.4. The van der Waals surface area contributed by atoms with Crippen molar-refractivity contribution in [2.24, 2.45) is 17.8 Å². The number of rotatable bonds is 4. The van der Waals surface area contributed by atoms with Gasteiger partial charge < -0.3 is 0 Å². The van der Waals surface area contributed by atoms with Gasteiger partial charge in [-0.1, -0.05) is 20.8 Å². The van der Waals surface area contributed by atoms with E-state index in [1.54, 1.807) is 0 Å². The SMILES string of the molecule is CCCC(=O)C1CC(C(C)C)C1. The average molecular weight is 168 g/mol. The largest absolute Gasteiger partial charge is 0.299 e. The van der Waals surface area contributed by atoms with Crippen molar-refractivity contribution in [1.29, 1.82) is 0 Å². The maximum atomic E-state index is 11.4. The zero-order chi connectivity index (χ0) is 9.14. The first-order chi connectivity index (χ1) is 5.65. The van der Waals surface area contributed by atoms with Gasteiger partial charge in [-0.25, -0.2) is 0 Å². The fourth-order valence-electron chi connectivity index (χ4n) is 1.92. The van der Waals surface area contributed by atoms with Crippen molar-refractivity contribution < 1.29 is 4.79 Å². The molecule has 0 heterocycles. The van der Waals surface area contributed by atoms with Gasteiger partial charge in [0, 0.05) is 12.3 Å². The molecule has 70 valence electrons. The van der Waals surface area contributed by atoms with Gasteiger partial charge in [0.2, 0.25) is 0 Å². The Labute approximate surface area is 75.5 Å². The molecule has 0 spiro atoms. The molecule has 0 radical (unpaired) electrons. The van der Waals surface area contributed by atoms with Crippen molar-refractivity contribution in [2.75, 3.05) is 0 Å². The normalized spacial score (nSPS) is 28.7. The minimum atomic E-state index is 0.428. The summed E-state index contributed by atoms with van der Waals surface area (Å²) in [5, 5.41) is 0. The fourth-order valence-corrected chi connectivity index (χ4v) is 1.92. The molecule has 0 atom stereocenters. The highest BCUT2D eigenvalue weighted by atomic mass is 16.1. The van der Waals surface area contributed by atoms with Crippen LogP contribution in [0.4, 0.5) is 0 Å². The first-order valence-electron chi connectivity index (χ1n) is 5.17. The highest BCUT2D eigenvalue weighted by Crippen LogP contribution is 2.39. The van der Waals surface area contributed by atoms with Crippen LogP contribution in [0.25, 0.3) is 0 Å². The van der Waals surface area contributed by atoms with Gasteiger partial charge in [0.15, 0.2) is 0 Å².